The van der Waals surface area contributed by atoms with Crippen LogP contribution in [0, 0.1) is 5.82 Å². The van der Waals surface area contributed by atoms with Crippen LogP contribution in [0.5, 0.6) is 0 Å². The number of anilines is 1. The van der Waals surface area contributed by atoms with Gasteiger partial charge < -0.3 is 5.43 Å². The highest BCUT2D eigenvalue weighted by Crippen LogP contribution is 2.33. The van der Waals surface area contributed by atoms with Gasteiger partial charge in [-0.1, -0.05) is 29.8 Å². The lowest BCUT2D eigenvalue weighted by Gasteiger charge is -2.13. The third kappa shape index (κ3) is 4.09. The van der Waals surface area contributed by atoms with E-state index in [4.69, 9.17) is 11.6 Å². The summed E-state index contributed by atoms with van der Waals surface area (Å²) >= 11 is 5.50. The number of benzene rings is 2. The van der Waals surface area contributed by atoms with Crippen LogP contribution < -0.4 is 10.9 Å². The van der Waals surface area contributed by atoms with Gasteiger partial charge in [-0.2, -0.15) is 13.2 Å². The van der Waals surface area contributed by atoms with Gasteiger partial charge in [-0.25, -0.2) is 9.82 Å². The van der Waals surface area contributed by atoms with E-state index in [0.717, 1.165) is 6.07 Å². The van der Waals surface area contributed by atoms with Gasteiger partial charge in [0.25, 0.3) is 0 Å². The molecule has 2 rings (SSSR count). The van der Waals surface area contributed by atoms with Gasteiger partial charge in [0.05, 0.1) is 10.6 Å². The Balaban J connectivity index is 2.11. The molecule has 0 amide bonds. The fourth-order valence-electron chi connectivity index (χ4n) is 1.70. The zero-order chi connectivity index (χ0) is 15.5. The third-order valence-electron chi connectivity index (χ3n) is 2.72. The molecule has 2 nitrogen and oxygen atoms in total. The van der Waals surface area contributed by atoms with Crippen molar-refractivity contribution in [3.63, 3.8) is 0 Å². The topological polar surface area (TPSA) is 24.1 Å². The maximum atomic E-state index is 13.7. The van der Waals surface area contributed by atoms with Gasteiger partial charge in [0.15, 0.2) is 0 Å². The summed E-state index contributed by atoms with van der Waals surface area (Å²) in [4.78, 5) is 0. The highest BCUT2D eigenvalue weighted by molar-refractivity contribution is 6.30. The summed E-state index contributed by atoms with van der Waals surface area (Å²) in [7, 11) is 0. The molecule has 0 aliphatic heterocycles. The van der Waals surface area contributed by atoms with E-state index in [0.29, 0.717) is 11.8 Å². The van der Waals surface area contributed by atoms with Crippen molar-refractivity contribution >= 4 is 17.3 Å². The maximum absolute atomic E-state index is 13.7. The van der Waals surface area contributed by atoms with Crippen LogP contribution in [0.1, 0.15) is 11.1 Å². The Kier molecular flexibility index (Phi) is 4.69. The van der Waals surface area contributed by atoms with Crippen molar-refractivity contribution in [2.75, 3.05) is 5.43 Å². The smallest absolute Gasteiger partial charge is 0.321 e. The Labute approximate surface area is 123 Å². The van der Waals surface area contributed by atoms with Crippen LogP contribution in [-0.2, 0) is 12.7 Å². The standard InChI is InChI=1S/C14H11ClF4N2/c15-12-7-10(14(17,18)19)6-9(13(12)16)8-20-21-11-4-2-1-3-5-11/h1-7,20-21H,8H2. The largest absolute Gasteiger partial charge is 0.416 e. The van der Waals surface area contributed by atoms with Gasteiger partial charge in [0, 0.05) is 17.8 Å². The van der Waals surface area contributed by atoms with Crippen molar-refractivity contribution in [2.45, 2.75) is 12.7 Å². The van der Waals surface area contributed by atoms with Gasteiger partial charge in [-0.3, -0.25) is 0 Å². The summed E-state index contributed by atoms with van der Waals surface area (Å²) in [5, 5.41) is -0.554. The fraction of sp³-hybridized carbons (Fsp3) is 0.143. The van der Waals surface area contributed by atoms with E-state index in [1.54, 1.807) is 24.3 Å². The molecular formula is C14H11ClF4N2. The highest BCUT2D eigenvalue weighted by atomic mass is 35.5. The van der Waals surface area contributed by atoms with E-state index < -0.39 is 22.6 Å². The number of hydrogen-bond acceptors (Lipinski definition) is 2. The average molecular weight is 319 g/mol. The van der Waals surface area contributed by atoms with Gasteiger partial charge in [-0.15, -0.1) is 0 Å². The second-order valence-electron chi connectivity index (χ2n) is 4.27. The number of halogens is 5. The minimum absolute atomic E-state index is 0.148. The highest BCUT2D eigenvalue weighted by Gasteiger charge is 2.32. The molecule has 0 heterocycles. The van der Waals surface area contributed by atoms with Crippen LogP contribution in [0.3, 0.4) is 0 Å². The van der Waals surface area contributed by atoms with Crippen molar-refractivity contribution in [1.29, 1.82) is 0 Å². The number of hydrogen-bond donors (Lipinski definition) is 2. The first kappa shape index (κ1) is 15.6. The zero-order valence-corrected chi connectivity index (χ0v) is 11.4. The molecule has 0 bridgehead atoms. The van der Waals surface area contributed by atoms with Crippen LogP contribution >= 0.6 is 11.6 Å². The van der Waals surface area contributed by atoms with Crippen LogP contribution in [0.25, 0.3) is 0 Å². The lowest BCUT2D eigenvalue weighted by atomic mass is 10.1. The molecule has 112 valence electrons. The van der Waals surface area contributed by atoms with Crippen molar-refractivity contribution in [3.05, 3.63) is 64.4 Å². The first-order valence-corrected chi connectivity index (χ1v) is 6.35. The van der Waals surface area contributed by atoms with Gasteiger partial charge in [0.1, 0.15) is 5.82 Å². The lowest BCUT2D eigenvalue weighted by molar-refractivity contribution is -0.137. The molecule has 7 heteroatoms. The predicted molar refractivity (Wildman–Crippen MR) is 73.3 cm³/mol. The van der Waals surface area contributed by atoms with Crippen LogP contribution in [0.2, 0.25) is 5.02 Å². The molecule has 0 aliphatic carbocycles. The van der Waals surface area contributed by atoms with Gasteiger partial charge in [0.2, 0.25) is 0 Å². The Morgan fingerprint density at radius 3 is 2.33 bits per heavy atom. The molecule has 0 saturated carbocycles. The summed E-state index contributed by atoms with van der Waals surface area (Å²) < 4.78 is 51.7. The number of hydrazine groups is 1. The summed E-state index contributed by atoms with van der Waals surface area (Å²) in [6.07, 6.45) is -4.57. The second-order valence-corrected chi connectivity index (χ2v) is 4.68. The van der Waals surface area contributed by atoms with Crippen LogP contribution in [0.15, 0.2) is 42.5 Å². The van der Waals surface area contributed by atoms with Crippen molar-refractivity contribution in [3.8, 4) is 0 Å². The Hall–Kier alpha value is -1.79. The lowest BCUT2D eigenvalue weighted by Crippen LogP contribution is -2.22. The normalized spacial score (nSPS) is 11.5. The zero-order valence-electron chi connectivity index (χ0n) is 10.6. The first-order chi connectivity index (χ1) is 9.88. The molecule has 0 aliphatic rings. The number of nitrogens with one attached hydrogen (secondary N) is 2. The molecule has 0 aromatic heterocycles. The minimum Gasteiger partial charge on any atom is -0.321 e. The Morgan fingerprint density at radius 1 is 1.05 bits per heavy atom. The summed E-state index contributed by atoms with van der Waals surface area (Å²) in [6, 6.07) is 10.2. The summed E-state index contributed by atoms with van der Waals surface area (Å²) in [6.45, 7) is -0.148. The number of para-hydroxylation sites is 1. The van der Waals surface area contributed by atoms with Crippen LogP contribution in [0.4, 0.5) is 23.2 Å². The van der Waals surface area contributed by atoms with Crippen molar-refractivity contribution in [1.82, 2.24) is 5.43 Å². The monoisotopic (exact) mass is 318 g/mol. The molecule has 0 fully saturated rings. The Morgan fingerprint density at radius 2 is 1.71 bits per heavy atom. The van der Waals surface area contributed by atoms with E-state index in [1.807, 2.05) is 6.07 Å². The van der Waals surface area contributed by atoms with Crippen molar-refractivity contribution in [2.24, 2.45) is 0 Å². The van der Waals surface area contributed by atoms with Crippen molar-refractivity contribution < 1.29 is 17.6 Å². The van der Waals surface area contributed by atoms with E-state index in [9.17, 15) is 17.6 Å². The quantitative estimate of drug-likeness (QED) is 0.635. The van der Waals surface area contributed by atoms with Crippen LogP contribution in [-0.4, -0.2) is 0 Å². The molecule has 2 aromatic rings. The molecule has 2 N–H and O–H groups in total. The van der Waals surface area contributed by atoms with E-state index in [1.165, 1.54) is 0 Å². The number of alkyl halides is 3. The first-order valence-electron chi connectivity index (χ1n) is 5.97. The fourth-order valence-corrected chi connectivity index (χ4v) is 1.94. The summed E-state index contributed by atoms with van der Waals surface area (Å²) in [5.41, 5.74) is 4.96. The van der Waals surface area contributed by atoms with Gasteiger partial charge in [-0.05, 0) is 24.3 Å². The number of rotatable bonds is 4. The molecule has 21 heavy (non-hydrogen) atoms. The van der Waals surface area contributed by atoms with E-state index in [2.05, 4.69) is 10.9 Å². The molecule has 0 atom stereocenters. The van der Waals surface area contributed by atoms with E-state index >= 15 is 0 Å². The minimum atomic E-state index is -4.57. The third-order valence-corrected chi connectivity index (χ3v) is 2.99. The SMILES string of the molecule is Fc1c(Cl)cc(C(F)(F)F)cc1CNNc1ccccc1. The maximum Gasteiger partial charge on any atom is 0.416 e. The predicted octanol–water partition coefficient (Wildman–Crippen LogP) is 4.61. The molecule has 0 spiro atoms. The molecular weight excluding hydrogens is 308 g/mol. The molecule has 0 radical (unpaired) electrons. The summed E-state index contributed by atoms with van der Waals surface area (Å²) in [5.74, 6) is -0.868. The molecule has 0 saturated heterocycles. The second kappa shape index (κ2) is 6.32. The van der Waals surface area contributed by atoms with Gasteiger partial charge >= 0.3 is 6.18 Å². The molecule has 2 aromatic carbocycles. The van der Waals surface area contributed by atoms with E-state index in [-0.39, 0.29) is 12.1 Å². The average Bonchev–Trinajstić information content (AvgIpc) is 2.43. The Bertz CT molecular complexity index is 614. The molecule has 0 unspecified atom stereocenters.